The molecule has 0 bridgehead atoms. The van der Waals surface area contributed by atoms with Gasteiger partial charge in [0.05, 0.1) is 11.9 Å². The lowest BCUT2D eigenvalue weighted by atomic mass is 10.00. The highest BCUT2D eigenvalue weighted by Gasteiger charge is 2.07. The van der Waals surface area contributed by atoms with E-state index in [2.05, 4.69) is 23.8 Å². The maximum Gasteiger partial charge on any atom is 0.257 e. The predicted octanol–water partition coefficient (Wildman–Crippen LogP) is 1.84. The Morgan fingerprint density at radius 2 is 2.33 bits per heavy atom. The van der Waals surface area contributed by atoms with Gasteiger partial charge in [-0.1, -0.05) is 26.7 Å². The number of aromatic amines is 1. The molecule has 84 valence electrons. The summed E-state index contributed by atoms with van der Waals surface area (Å²) in [6.45, 7) is 4.34. The van der Waals surface area contributed by atoms with Crippen molar-refractivity contribution in [1.29, 1.82) is 0 Å². The standard InChI is InChI=1S/C11H18N2O2/c1-3-8(2)5-4-6-9-10(14)12-7-13-11(9)15/h7-8H,3-6H2,1-2H3,(H2,12,13,14,15). The van der Waals surface area contributed by atoms with Crippen LogP contribution in [0, 0.1) is 5.92 Å². The summed E-state index contributed by atoms with van der Waals surface area (Å²) in [5.41, 5.74) is 0.174. The van der Waals surface area contributed by atoms with Gasteiger partial charge in [-0.3, -0.25) is 4.79 Å². The Balaban J connectivity index is 2.54. The monoisotopic (exact) mass is 210 g/mol. The highest BCUT2D eigenvalue weighted by Crippen LogP contribution is 2.14. The number of H-pyrrole nitrogens is 1. The van der Waals surface area contributed by atoms with Crippen LogP contribution in [0.1, 0.15) is 38.7 Å². The minimum absolute atomic E-state index is 0.136. The van der Waals surface area contributed by atoms with Crippen molar-refractivity contribution in [3.8, 4) is 5.88 Å². The van der Waals surface area contributed by atoms with Crippen LogP contribution in [0.3, 0.4) is 0 Å². The predicted molar refractivity (Wildman–Crippen MR) is 58.9 cm³/mol. The lowest BCUT2D eigenvalue weighted by Crippen LogP contribution is -2.13. The number of nitrogens with zero attached hydrogens (tertiary/aromatic N) is 1. The Bertz CT molecular complexity index is 360. The minimum atomic E-state index is -0.230. The molecule has 0 aliphatic carbocycles. The third kappa shape index (κ3) is 3.38. The molecule has 0 aromatic carbocycles. The second kappa shape index (κ2) is 5.53. The zero-order valence-corrected chi connectivity index (χ0v) is 9.29. The van der Waals surface area contributed by atoms with Crippen molar-refractivity contribution in [3.05, 3.63) is 22.2 Å². The molecule has 1 unspecified atom stereocenters. The van der Waals surface area contributed by atoms with E-state index < -0.39 is 0 Å². The van der Waals surface area contributed by atoms with Crippen molar-refractivity contribution in [1.82, 2.24) is 9.97 Å². The number of aromatic hydroxyl groups is 1. The molecule has 1 aromatic heterocycles. The van der Waals surface area contributed by atoms with Crippen LogP contribution in [0.15, 0.2) is 11.1 Å². The van der Waals surface area contributed by atoms with Gasteiger partial charge in [0.25, 0.3) is 5.56 Å². The third-order valence-electron chi connectivity index (χ3n) is 2.75. The number of hydrogen-bond donors (Lipinski definition) is 2. The summed E-state index contributed by atoms with van der Waals surface area (Å²) in [5.74, 6) is 0.533. The molecule has 0 saturated carbocycles. The maximum absolute atomic E-state index is 11.3. The second-order valence-corrected chi connectivity index (χ2v) is 3.94. The van der Waals surface area contributed by atoms with Crippen molar-refractivity contribution in [2.75, 3.05) is 0 Å². The quantitative estimate of drug-likeness (QED) is 0.779. The van der Waals surface area contributed by atoms with Crippen molar-refractivity contribution in [3.63, 3.8) is 0 Å². The van der Waals surface area contributed by atoms with E-state index in [0.717, 1.165) is 19.3 Å². The van der Waals surface area contributed by atoms with Crippen molar-refractivity contribution < 1.29 is 5.11 Å². The fourth-order valence-corrected chi connectivity index (χ4v) is 1.48. The smallest absolute Gasteiger partial charge is 0.257 e. The van der Waals surface area contributed by atoms with Crippen molar-refractivity contribution >= 4 is 0 Å². The molecule has 4 nitrogen and oxygen atoms in total. The molecule has 15 heavy (non-hydrogen) atoms. The molecule has 1 aromatic rings. The summed E-state index contributed by atoms with van der Waals surface area (Å²) in [4.78, 5) is 17.5. The Hall–Kier alpha value is -1.32. The summed E-state index contributed by atoms with van der Waals surface area (Å²) in [7, 11) is 0. The second-order valence-electron chi connectivity index (χ2n) is 3.94. The van der Waals surface area contributed by atoms with Gasteiger partial charge in [-0.2, -0.15) is 0 Å². The van der Waals surface area contributed by atoms with Crippen LogP contribution in [-0.2, 0) is 6.42 Å². The first-order valence-corrected chi connectivity index (χ1v) is 5.40. The Labute approximate surface area is 89.4 Å². The highest BCUT2D eigenvalue weighted by atomic mass is 16.3. The number of nitrogens with one attached hydrogen (secondary N) is 1. The van der Waals surface area contributed by atoms with E-state index in [1.54, 1.807) is 0 Å². The summed E-state index contributed by atoms with van der Waals surface area (Å²) in [6, 6.07) is 0. The summed E-state index contributed by atoms with van der Waals surface area (Å²) >= 11 is 0. The Morgan fingerprint density at radius 1 is 1.60 bits per heavy atom. The number of rotatable bonds is 5. The van der Waals surface area contributed by atoms with E-state index in [0.29, 0.717) is 17.9 Å². The molecule has 0 saturated heterocycles. The molecular formula is C11H18N2O2. The maximum atomic E-state index is 11.3. The molecular weight excluding hydrogens is 192 g/mol. The number of aromatic nitrogens is 2. The van der Waals surface area contributed by atoms with Gasteiger partial charge in [0.15, 0.2) is 0 Å². The van der Waals surface area contributed by atoms with Gasteiger partial charge in [-0.15, -0.1) is 0 Å². The minimum Gasteiger partial charge on any atom is -0.493 e. The van der Waals surface area contributed by atoms with Gasteiger partial charge in [0.1, 0.15) is 0 Å². The van der Waals surface area contributed by atoms with Crippen LogP contribution in [0.25, 0.3) is 0 Å². The van der Waals surface area contributed by atoms with Crippen LogP contribution in [-0.4, -0.2) is 15.1 Å². The van der Waals surface area contributed by atoms with Gasteiger partial charge in [0, 0.05) is 0 Å². The van der Waals surface area contributed by atoms with Gasteiger partial charge in [-0.25, -0.2) is 4.98 Å². The first-order chi connectivity index (χ1) is 7.15. The Morgan fingerprint density at radius 3 is 2.93 bits per heavy atom. The van der Waals surface area contributed by atoms with E-state index in [-0.39, 0.29) is 11.4 Å². The molecule has 0 amide bonds. The molecule has 2 N–H and O–H groups in total. The summed E-state index contributed by atoms with van der Waals surface area (Å²) in [6.07, 6.45) is 4.95. The largest absolute Gasteiger partial charge is 0.493 e. The molecule has 0 radical (unpaired) electrons. The zero-order valence-electron chi connectivity index (χ0n) is 9.29. The molecule has 0 aliphatic heterocycles. The normalized spacial score (nSPS) is 12.7. The SMILES string of the molecule is CCC(C)CCCc1c(O)nc[nH]c1=O. The average molecular weight is 210 g/mol. The molecule has 1 rings (SSSR count). The molecule has 1 atom stereocenters. The number of hydrogen-bond acceptors (Lipinski definition) is 3. The first kappa shape index (κ1) is 11.8. The van der Waals surface area contributed by atoms with Gasteiger partial charge < -0.3 is 10.1 Å². The van der Waals surface area contributed by atoms with E-state index >= 15 is 0 Å². The van der Waals surface area contributed by atoms with E-state index in [1.165, 1.54) is 6.33 Å². The van der Waals surface area contributed by atoms with Gasteiger partial charge >= 0.3 is 0 Å². The van der Waals surface area contributed by atoms with Crippen LogP contribution in [0.4, 0.5) is 0 Å². The summed E-state index contributed by atoms with van der Waals surface area (Å²) < 4.78 is 0. The average Bonchev–Trinajstić information content (AvgIpc) is 2.22. The van der Waals surface area contributed by atoms with Gasteiger partial charge in [-0.05, 0) is 18.8 Å². The van der Waals surface area contributed by atoms with Crippen LogP contribution < -0.4 is 5.56 Å². The zero-order chi connectivity index (χ0) is 11.3. The van der Waals surface area contributed by atoms with Gasteiger partial charge in [0.2, 0.25) is 5.88 Å². The molecule has 1 heterocycles. The molecule has 0 spiro atoms. The van der Waals surface area contributed by atoms with Crippen LogP contribution in [0.2, 0.25) is 0 Å². The fraction of sp³-hybridized carbons (Fsp3) is 0.636. The van der Waals surface area contributed by atoms with Crippen LogP contribution in [0.5, 0.6) is 5.88 Å². The third-order valence-corrected chi connectivity index (χ3v) is 2.75. The van der Waals surface area contributed by atoms with Crippen molar-refractivity contribution in [2.24, 2.45) is 5.92 Å². The lowest BCUT2D eigenvalue weighted by Gasteiger charge is -2.07. The molecule has 0 fully saturated rings. The topological polar surface area (TPSA) is 66.0 Å². The van der Waals surface area contributed by atoms with Crippen molar-refractivity contribution in [2.45, 2.75) is 39.5 Å². The van der Waals surface area contributed by atoms with E-state index in [1.807, 2.05) is 0 Å². The first-order valence-electron chi connectivity index (χ1n) is 5.40. The highest BCUT2D eigenvalue weighted by molar-refractivity contribution is 5.20. The van der Waals surface area contributed by atoms with E-state index in [4.69, 9.17) is 0 Å². The molecule has 4 heteroatoms. The fourth-order valence-electron chi connectivity index (χ4n) is 1.48. The van der Waals surface area contributed by atoms with E-state index in [9.17, 15) is 9.90 Å². The Kier molecular flexibility index (Phi) is 4.34. The molecule has 0 aliphatic rings. The lowest BCUT2D eigenvalue weighted by molar-refractivity contribution is 0.436. The summed E-state index contributed by atoms with van der Waals surface area (Å²) in [5, 5.41) is 9.38. The van der Waals surface area contributed by atoms with Crippen LogP contribution >= 0.6 is 0 Å².